The maximum absolute atomic E-state index is 13.7. The molecule has 4 N–H and O–H groups in total. The summed E-state index contributed by atoms with van der Waals surface area (Å²) in [5.74, 6) is 1.52. The molecular formula is C44H49N7O7. The lowest BCUT2D eigenvalue weighted by atomic mass is 9.94. The molecule has 0 radical (unpaired) electrons. The Hall–Kier alpha value is -5.99. The number of benzene rings is 3. The lowest BCUT2D eigenvalue weighted by molar-refractivity contribution is -0.151. The summed E-state index contributed by atoms with van der Waals surface area (Å²) in [6, 6.07) is 22.0. The number of fused-ring (bicyclic) bond motifs is 6. The number of rotatable bonds is 6. The maximum Gasteiger partial charge on any atom is 0.407 e. The van der Waals surface area contributed by atoms with Crippen LogP contribution in [0.4, 0.5) is 4.79 Å². The maximum atomic E-state index is 13.7. The number of methoxy groups -OCH3 is 1. The van der Waals surface area contributed by atoms with Gasteiger partial charge in [0.15, 0.2) is 5.60 Å². The first-order valence-corrected chi connectivity index (χ1v) is 20.0. The summed E-state index contributed by atoms with van der Waals surface area (Å²) < 4.78 is 17.1. The molecule has 4 atom stereocenters. The minimum atomic E-state index is -1.64. The summed E-state index contributed by atoms with van der Waals surface area (Å²) in [4.78, 5) is 59.3. The predicted octanol–water partition coefficient (Wildman–Crippen LogP) is 6.28. The van der Waals surface area contributed by atoms with Gasteiger partial charge in [-0.25, -0.2) is 14.8 Å². The summed E-state index contributed by atoms with van der Waals surface area (Å²) in [6.45, 7) is 3.55. The van der Waals surface area contributed by atoms with Gasteiger partial charge in [0.25, 0.3) is 5.91 Å². The highest BCUT2D eigenvalue weighted by molar-refractivity contribution is 5.87. The van der Waals surface area contributed by atoms with Crippen LogP contribution in [0.3, 0.4) is 0 Å². The van der Waals surface area contributed by atoms with E-state index >= 15 is 0 Å². The molecular weight excluding hydrogens is 739 g/mol. The average Bonchev–Trinajstić information content (AvgIpc) is 4.10. The van der Waals surface area contributed by atoms with Gasteiger partial charge >= 0.3 is 6.09 Å². The standard InChI is InChI=1S/C44H49N7O7/c1-44(55,31-10-4-3-5-11-31)42(53)51-21-9-13-37(51)40-45-25-33(47-40)29-16-14-28(15-17-29)30-18-19-32-34-26-46-39(48-34)36-12-8-20-50(36)41(52)35(49-43(54)56-2)27-57-22-6-7-23-58-38(32)24-30/h3-5,10-11,14-19,24-26,35-37,55H,6-9,12-13,20-23,27H2,1-2H3,(H,45,47)(H,46,48)(H,49,54)/t35-,36-,37-,44-/m0/s1. The zero-order chi connectivity index (χ0) is 40.2. The second kappa shape index (κ2) is 16.9. The molecule has 0 spiro atoms. The molecule has 3 aliphatic heterocycles. The largest absolute Gasteiger partial charge is 0.493 e. The highest BCUT2D eigenvalue weighted by Gasteiger charge is 2.42. The first kappa shape index (κ1) is 38.9. The number of aromatic nitrogens is 4. The zero-order valence-corrected chi connectivity index (χ0v) is 32.8. The van der Waals surface area contributed by atoms with Crippen LogP contribution in [0.2, 0.25) is 0 Å². The van der Waals surface area contributed by atoms with Gasteiger partial charge < -0.3 is 44.4 Å². The number of imidazole rings is 2. The predicted molar refractivity (Wildman–Crippen MR) is 215 cm³/mol. The van der Waals surface area contributed by atoms with E-state index in [-0.39, 0.29) is 30.5 Å². The van der Waals surface area contributed by atoms with Gasteiger partial charge in [0.2, 0.25) is 5.91 Å². The van der Waals surface area contributed by atoms with Gasteiger partial charge in [-0.2, -0.15) is 0 Å². The molecule has 3 aliphatic rings. The topological polar surface area (TPSA) is 175 Å². The van der Waals surface area contributed by atoms with Crippen molar-refractivity contribution in [3.05, 3.63) is 102 Å². The minimum Gasteiger partial charge on any atom is -0.493 e. The van der Waals surface area contributed by atoms with E-state index in [9.17, 15) is 19.5 Å². The second-order valence-electron chi connectivity index (χ2n) is 15.3. The van der Waals surface area contributed by atoms with Crippen molar-refractivity contribution in [3.8, 4) is 39.4 Å². The Bertz CT molecular complexity index is 2240. The smallest absolute Gasteiger partial charge is 0.407 e. The Balaban J connectivity index is 1.00. The van der Waals surface area contributed by atoms with E-state index in [1.807, 2.05) is 42.5 Å². The van der Waals surface area contributed by atoms with Crippen molar-refractivity contribution < 1.29 is 33.7 Å². The van der Waals surface area contributed by atoms with Gasteiger partial charge in [-0.05, 0) is 79.8 Å². The SMILES string of the molecule is COC(=O)N[C@H]1COCCCCOc2cc(-c3ccc(-c4cnc([C@@H]5CCCN5C(=O)[C@@](C)(O)c5ccccc5)[nH]4)cc3)ccc2-c2cnc([nH]2)[C@@H]2CCCN2C1=O. The van der Waals surface area contributed by atoms with Crippen molar-refractivity contribution in [2.45, 2.75) is 69.2 Å². The number of H-pyrrole nitrogens is 2. The molecule has 3 amide bonds. The molecule has 8 rings (SSSR count). The van der Waals surface area contributed by atoms with E-state index in [0.29, 0.717) is 55.7 Å². The number of carbonyl (C=O) groups is 3. The number of ether oxygens (including phenoxy) is 3. The van der Waals surface area contributed by atoms with Gasteiger partial charge in [-0.1, -0.05) is 60.7 Å². The average molecular weight is 788 g/mol. The molecule has 14 heteroatoms. The Kier molecular flexibility index (Phi) is 11.3. The van der Waals surface area contributed by atoms with E-state index in [0.717, 1.165) is 65.7 Å². The first-order chi connectivity index (χ1) is 28.2. The van der Waals surface area contributed by atoms with Crippen molar-refractivity contribution >= 4 is 17.9 Å². The summed E-state index contributed by atoms with van der Waals surface area (Å²) in [5.41, 5.74) is 4.34. The number of likely N-dealkylation sites (tertiary alicyclic amines) is 1. The van der Waals surface area contributed by atoms with Gasteiger partial charge in [-0.15, -0.1) is 0 Å². The molecule has 2 bridgehead atoms. The third kappa shape index (κ3) is 7.94. The Labute approximate surface area is 336 Å². The third-order valence-electron chi connectivity index (χ3n) is 11.4. The highest BCUT2D eigenvalue weighted by atomic mass is 16.5. The normalized spacial score (nSPS) is 21.1. The van der Waals surface area contributed by atoms with Crippen molar-refractivity contribution in [3.63, 3.8) is 0 Å². The van der Waals surface area contributed by atoms with Crippen LogP contribution in [0.5, 0.6) is 5.75 Å². The fraction of sp³-hybridized carbons (Fsp3) is 0.386. The Morgan fingerprint density at radius 2 is 1.52 bits per heavy atom. The second-order valence-corrected chi connectivity index (χ2v) is 15.3. The molecule has 0 unspecified atom stereocenters. The van der Waals surface area contributed by atoms with Crippen LogP contribution in [0, 0.1) is 0 Å². The molecule has 5 aromatic rings. The molecule has 3 aromatic carbocycles. The molecule has 302 valence electrons. The fourth-order valence-corrected chi connectivity index (χ4v) is 8.22. The van der Waals surface area contributed by atoms with E-state index < -0.39 is 17.7 Å². The number of aromatic amines is 2. The number of aliphatic hydroxyl groups is 1. The van der Waals surface area contributed by atoms with E-state index in [1.165, 1.54) is 7.11 Å². The fourth-order valence-electron chi connectivity index (χ4n) is 8.22. The van der Waals surface area contributed by atoms with Gasteiger partial charge in [0.05, 0.1) is 56.2 Å². The summed E-state index contributed by atoms with van der Waals surface area (Å²) in [7, 11) is 1.27. The summed E-state index contributed by atoms with van der Waals surface area (Å²) >= 11 is 0. The van der Waals surface area contributed by atoms with Crippen molar-refractivity contribution in [2.24, 2.45) is 0 Å². The van der Waals surface area contributed by atoms with E-state index in [1.54, 1.807) is 41.2 Å². The van der Waals surface area contributed by atoms with Crippen LogP contribution < -0.4 is 10.1 Å². The summed E-state index contributed by atoms with van der Waals surface area (Å²) in [5, 5.41) is 13.9. The Morgan fingerprint density at radius 3 is 2.31 bits per heavy atom. The quantitative estimate of drug-likeness (QED) is 0.154. The van der Waals surface area contributed by atoms with Crippen LogP contribution in [-0.2, 0) is 24.7 Å². The van der Waals surface area contributed by atoms with E-state index in [4.69, 9.17) is 24.2 Å². The number of amides is 3. The monoisotopic (exact) mass is 787 g/mol. The van der Waals surface area contributed by atoms with Crippen LogP contribution in [-0.4, -0.2) is 98.8 Å². The van der Waals surface area contributed by atoms with E-state index in [2.05, 4.69) is 33.5 Å². The molecule has 58 heavy (non-hydrogen) atoms. The first-order valence-electron chi connectivity index (χ1n) is 20.0. The number of alkyl carbamates (subject to hydrolysis) is 1. The number of hydrogen-bond donors (Lipinski definition) is 4. The summed E-state index contributed by atoms with van der Waals surface area (Å²) in [6.07, 6.45) is 7.44. The van der Waals surface area contributed by atoms with Crippen molar-refractivity contribution in [1.29, 1.82) is 0 Å². The van der Waals surface area contributed by atoms with Crippen molar-refractivity contribution in [1.82, 2.24) is 35.1 Å². The van der Waals surface area contributed by atoms with Crippen molar-refractivity contribution in [2.75, 3.05) is 40.0 Å². The van der Waals surface area contributed by atoms with Crippen LogP contribution >= 0.6 is 0 Å². The molecule has 2 saturated heterocycles. The highest BCUT2D eigenvalue weighted by Crippen LogP contribution is 2.39. The number of nitrogens with one attached hydrogen (secondary N) is 3. The molecule has 2 aromatic heterocycles. The molecule has 0 aliphatic carbocycles. The number of carbonyl (C=O) groups excluding carboxylic acids is 3. The van der Waals surface area contributed by atoms with Crippen LogP contribution in [0.25, 0.3) is 33.6 Å². The Morgan fingerprint density at radius 1 is 0.845 bits per heavy atom. The lowest BCUT2D eigenvalue weighted by Gasteiger charge is -2.31. The van der Waals surface area contributed by atoms with Gasteiger partial charge in [-0.3, -0.25) is 9.59 Å². The van der Waals surface area contributed by atoms with Crippen LogP contribution in [0.15, 0.2) is 85.2 Å². The third-order valence-corrected chi connectivity index (χ3v) is 11.4. The molecule has 2 fully saturated rings. The number of hydrogen-bond acceptors (Lipinski definition) is 9. The zero-order valence-electron chi connectivity index (χ0n) is 32.8. The van der Waals surface area contributed by atoms with Crippen LogP contribution in [0.1, 0.15) is 74.7 Å². The molecule has 14 nitrogen and oxygen atoms in total. The number of nitrogens with zero attached hydrogens (tertiary/aromatic N) is 4. The molecule has 5 heterocycles. The molecule has 0 saturated carbocycles. The van der Waals surface area contributed by atoms with Gasteiger partial charge in [0, 0.05) is 25.3 Å². The minimum absolute atomic E-state index is 0.0351. The lowest BCUT2D eigenvalue weighted by Crippen LogP contribution is -2.50. The van der Waals surface area contributed by atoms with Gasteiger partial charge in [0.1, 0.15) is 23.4 Å².